The van der Waals surface area contributed by atoms with Crippen LogP contribution in [-0.2, 0) is 6.54 Å². The van der Waals surface area contributed by atoms with Gasteiger partial charge in [-0.3, -0.25) is 19.4 Å². The summed E-state index contributed by atoms with van der Waals surface area (Å²) in [5.41, 5.74) is 3.77. The lowest BCUT2D eigenvalue weighted by Gasteiger charge is -2.36. The second kappa shape index (κ2) is 10.6. The number of carbonyl (C=O) groups excluding carboxylic acids is 2. The molecule has 2 amide bonds. The summed E-state index contributed by atoms with van der Waals surface area (Å²) >= 11 is 6.52. The molecule has 5 rings (SSSR count). The van der Waals surface area contributed by atoms with E-state index in [-0.39, 0.29) is 18.4 Å². The number of benzene rings is 3. The number of fused-ring (bicyclic) bond motifs is 1. The number of nitrogens with zero attached hydrogens (tertiary/aromatic N) is 3. The average Bonchev–Trinajstić information content (AvgIpc) is 3.15. The van der Waals surface area contributed by atoms with Gasteiger partial charge in [0, 0.05) is 37.8 Å². The number of halogens is 1. The molecule has 2 aliphatic rings. The van der Waals surface area contributed by atoms with Crippen molar-refractivity contribution in [2.24, 2.45) is 0 Å². The lowest BCUT2D eigenvalue weighted by Crippen LogP contribution is -2.47. The number of carbonyl (C=O) groups is 2. The summed E-state index contributed by atoms with van der Waals surface area (Å²) in [6, 6.07) is 23.0. The van der Waals surface area contributed by atoms with Crippen LogP contribution in [-0.4, -0.2) is 61.4 Å². The van der Waals surface area contributed by atoms with Gasteiger partial charge in [0.15, 0.2) is 0 Å². The normalized spacial score (nSPS) is 16.4. The molecule has 36 heavy (non-hydrogen) atoms. The van der Waals surface area contributed by atoms with E-state index < -0.39 is 0 Å². The number of hydrogen-bond acceptors (Lipinski definition) is 5. The second-order valence-electron chi connectivity index (χ2n) is 9.01. The van der Waals surface area contributed by atoms with Crippen LogP contribution in [0.3, 0.4) is 0 Å². The fraction of sp³-hybridized carbons (Fsp3) is 0.241. The first-order valence-electron chi connectivity index (χ1n) is 12.0. The zero-order chi connectivity index (χ0) is 25.1. The van der Waals surface area contributed by atoms with Gasteiger partial charge in [-0.1, -0.05) is 60.1 Å². The van der Waals surface area contributed by atoms with Crippen LogP contribution in [0.1, 0.15) is 31.8 Å². The van der Waals surface area contributed by atoms with Crippen LogP contribution in [0.25, 0.3) is 6.08 Å². The minimum Gasteiger partial charge on any atom is -0.497 e. The molecule has 0 spiro atoms. The fourth-order valence-corrected chi connectivity index (χ4v) is 5.07. The monoisotopic (exact) mass is 501 g/mol. The summed E-state index contributed by atoms with van der Waals surface area (Å²) in [6.45, 7) is 4.07. The Balaban J connectivity index is 1.26. The van der Waals surface area contributed by atoms with Crippen LogP contribution in [0.5, 0.6) is 5.75 Å². The van der Waals surface area contributed by atoms with E-state index in [1.807, 2.05) is 72.8 Å². The zero-order valence-electron chi connectivity index (χ0n) is 20.2. The standard InChI is InChI=1S/C29H28ClN3O3/c1-36-24-12-10-22(11-13-24)19-33-28(34)25-8-5-9-26(27(25)29(33)35)32-16-14-31(15-17-32)20-23(30)18-21-6-3-2-4-7-21/h2-13,18H,14-17,19-20H2,1H3. The van der Waals surface area contributed by atoms with Gasteiger partial charge in [0.25, 0.3) is 11.8 Å². The summed E-state index contributed by atoms with van der Waals surface area (Å²) in [4.78, 5) is 32.4. The van der Waals surface area contributed by atoms with Crippen molar-refractivity contribution in [1.82, 2.24) is 9.80 Å². The molecule has 1 fully saturated rings. The predicted molar refractivity (Wildman–Crippen MR) is 143 cm³/mol. The van der Waals surface area contributed by atoms with Crippen LogP contribution in [0.15, 0.2) is 77.8 Å². The van der Waals surface area contributed by atoms with Crippen molar-refractivity contribution in [2.75, 3.05) is 44.7 Å². The average molecular weight is 502 g/mol. The molecule has 1 saturated heterocycles. The Labute approximate surface area is 216 Å². The molecule has 3 aromatic rings. The highest BCUT2D eigenvalue weighted by molar-refractivity contribution is 6.31. The molecule has 7 heteroatoms. The number of ether oxygens (including phenoxy) is 1. The Hall–Kier alpha value is -3.61. The molecule has 2 aliphatic heterocycles. The molecule has 0 atom stereocenters. The summed E-state index contributed by atoms with van der Waals surface area (Å²) in [7, 11) is 1.61. The number of piperazine rings is 1. The van der Waals surface area contributed by atoms with Crippen molar-refractivity contribution < 1.29 is 14.3 Å². The van der Waals surface area contributed by atoms with Crippen LogP contribution in [0, 0.1) is 0 Å². The van der Waals surface area contributed by atoms with Crippen molar-refractivity contribution in [1.29, 1.82) is 0 Å². The molecule has 0 unspecified atom stereocenters. The number of methoxy groups -OCH3 is 1. The molecule has 0 radical (unpaired) electrons. The van der Waals surface area contributed by atoms with Gasteiger partial charge in [-0.2, -0.15) is 0 Å². The number of hydrogen-bond donors (Lipinski definition) is 0. The van der Waals surface area contributed by atoms with E-state index in [4.69, 9.17) is 16.3 Å². The van der Waals surface area contributed by atoms with Gasteiger partial charge >= 0.3 is 0 Å². The second-order valence-corrected chi connectivity index (χ2v) is 9.49. The lowest BCUT2D eigenvalue weighted by atomic mass is 10.1. The molecular weight excluding hydrogens is 474 g/mol. The van der Waals surface area contributed by atoms with Gasteiger partial charge < -0.3 is 9.64 Å². The summed E-state index contributed by atoms with van der Waals surface area (Å²) in [5, 5.41) is 0.796. The first-order valence-corrected chi connectivity index (χ1v) is 12.4. The van der Waals surface area contributed by atoms with E-state index in [2.05, 4.69) is 9.80 Å². The van der Waals surface area contributed by atoms with Gasteiger partial charge in [-0.05, 0) is 41.5 Å². The van der Waals surface area contributed by atoms with Gasteiger partial charge in [-0.25, -0.2) is 0 Å². The SMILES string of the molecule is COc1ccc(CN2C(=O)c3cccc(N4CCN(CC(Cl)=Cc5ccccc5)CC4)c3C2=O)cc1. The third-order valence-corrected chi connectivity index (χ3v) is 6.92. The van der Waals surface area contributed by atoms with Gasteiger partial charge in [0.2, 0.25) is 0 Å². The fourth-order valence-electron chi connectivity index (χ4n) is 4.77. The highest BCUT2D eigenvalue weighted by atomic mass is 35.5. The quantitative estimate of drug-likeness (QED) is 0.431. The number of rotatable bonds is 7. The van der Waals surface area contributed by atoms with Crippen molar-refractivity contribution >= 4 is 35.2 Å². The molecule has 184 valence electrons. The van der Waals surface area contributed by atoms with Crippen LogP contribution in [0.4, 0.5) is 5.69 Å². The molecule has 0 aliphatic carbocycles. The number of imide groups is 1. The zero-order valence-corrected chi connectivity index (χ0v) is 20.9. The first-order chi connectivity index (χ1) is 17.5. The third-order valence-electron chi connectivity index (χ3n) is 6.69. The van der Waals surface area contributed by atoms with E-state index in [0.29, 0.717) is 17.7 Å². The van der Waals surface area contributed by atoms with Crippen molar-refractivity contribution in [2.45, 2.75) is 6.54 Å². The van der Waals surface area contributed by atoms with Crippen LogP contribution in [0.2, 0.25) is 0 Å². The van der Waals surface area contributed by atoms with E-state index in [0.717, 1.165) is 53.8 Å². The molecule has 0 aromatic heterocycles. The van der Waals surface area contributed by atoms with Gasteiger partial charge in [-0.15, -0.1) is 0 Å². The van der Waals surface area contributed by atoms with Gasteiger partial charge in [0.05, 0.1) is 30.5 Å². The maximum atomic E-state index is 13.4. The van der Waals surface area contributed by atoms with Crippen LogP contribution < -0.4 is 9.64 Å². The smallest absolute Gasteiger partial charge is 0.263 e. The highest BCUT2D eigenvalue weighted by Gasteiger charge is 2.38. The first kappa shape index (κ1) is 24.1. The van der Waals surface area contributed by atoms with E-state index >= 15 is 0 Å². The molecule has 0 saturated carbocycles. The summed E-state index contributed by atoms with van der Waals surface area (Å²) in [5.74, 6) is 0.251. The van der Waals surface area contributed by atoms with Crippen LogP contribution >= 0.6 is 11.6 Å². The van der Waals surface area contributed by atoms with Crippen molar-refractivity contribution in [3.63, 3.8) is 0 Å². The minimum atomic E-state index is -0.246. The largest absolute Gasteiger partial charge is 0.497 e. The maximum absolute atomic E-state index is 13.4. The Morgan fingerprint density at radius 2 is 1.61 bits per heavy atom. The Kier molecular flexibility index (Phi) is 7.07. The minimum absolute atomic E-state index is 0.232. The Morgan fingerprint density at radius 3 is 2.31 bits per heavy atom. The van der Waals surface area contributed by atoms with Crippen molar-refractivity contribution in [3.05, 3.63) is 100 Å². The molecular formula is C29H28ClN3O3. The lowest BCUT2D eigenvalue weighted by molar-refractivity contribution is 0.0642. The third kappa shape index (κ3) is 5.01. The number of anilines is 1. The summed E-state index contributed by atoms with van der Waals surface area (Å²) < 4.78 is 5.20. The Bertz CT molecular complexity index is 1280. The van der Waals surface area contributed by atoms with E-state index in [9.17, 15) is 9.59 Å². The predicted octanol–water partition coefficient (Wildman–Crippen LogP) is 4.89. The van der Waals surface area contributed by atoms with E-state index in [1.54, 1.807) is 13.2 Å². The topological polar surface area (TPSA) is 53.1 Å². The highest BCUT2D eigenvalue weighted by Crippen LogP contribution is 2.33. The molecule has 0 bridgehead atoms. The molecule has 6 nitrogen and oxygen atoms in total. The molecule has 3 aromatic carbocycles. The van der Waals surface area contributed by atoms with E-state index in [1.165, 1.54) is 4.90 Å². The number of amides is 2. The molecule has 0 N–H and O–H groups in total. The Morgan fingerprint density at radius 1 is 0.889 bits per heavy atom. The summed E-state index contributed by atoms with van der Waals surface area (Å²) in [6.07, 6.45) is 2.00. The molecule has 2 heterocycles. The van der Waals surface area contributed by atoms with Crippen molar-refractivity contribution in [3.8, 4) is 5.75 Å². The van der Waals surface area contributed by atoms with Gasteiger partial charge in [0.1, 0.15) is 5.75 Å². The maximum Gasteiger partial charge on any atom is 0.263 e.